The van der Waals surface area contributed by atoms with Gasteiger partial charge >= 0.3 is 0 Å². The van der Waals surface area contributed by atoms with Crippen molar-refractivity contribution in [2.75, 3.05) is 0 Å². The van der Waals surface area contributed by atoms with E-state index >= 15 is 0 Å². The molecule has 2 rings (SSSR count). The smallest absolute Gasteiger partial charge is 0.153 e. The SMILES string of the molecule is NCc1cn2[nH]ccc2n1. The van der Waals surface area contributed by atoms with Crippen molar-refractivity contribution in [3.8, 4) is 0 Å². The van der Waals surface area contributed by atoms with E-state index < -0.39 is 0 Å². The molecule has 52 valence electrons. The first-order valence-corrected chi connectivity index (χ1v) is 3.11. The summed E-state index contributed by atoms with van der Waals surface area (Å²) in [5.41, 5.74) is 7.21. The van der Waals surface area contributed by atoms with Crippen molar-refractivity contribution in [3.63, 3.8) is 0 Å². The fraction of sp³-hybridized carbons (Fsp3) is 0.167. The molecule has 0 aliphatic rings. The highest BCUT2D eigenvalue weighted by Gasteiger charge is 1.97. The van der Waals surface area contributed by atoms with Crippen LogP contribution in [0.1, 0.15) is 5.69 Å². The Morgan fingerprint density at radius 1 is 1.70 bits per heavy atom. The quantitative estimate of drug-likeness (QED) is 0.585. The zero-order chi connectivity index (χ0) is 6.97. The van der Waals surface area contributed by atoms with Gasteiger partial charge in [-0.15, -0.1) is 0 Å². The number of nitrogens with two attached hydrogens (primary N) is 1. The zero-order valence-electron chi connectivity index (χ0n) is 5.41. The molecule has 0 aromatic carbocycles. The molecule has 10 heavy (non-hydrogen) atoms. The summed E-state index contributed by atoms with van der Waals surface area (Å²) in [4.78, 5) is 4.20. The van der Waals surface area contributed by atoms with Crippen LogP contribution in [0.4, 0.5) is 0 Å². The maximum absolute atomic E-state index is 5.38. The van der Waals surface area contributed by atoms with Crippen LogP contribution in [0.3, 0.4) is 0 Å². The predicted molar refractivity (Wildman–Crippen MR) is 37.4 cm³/mol. The normalized spacial score (nSPS) is 10.9. The van der Waals surface area contributed by atoms with Gasteiger partial charge in [-0.1, -0.05) is 0 Å². The van der Waals surface area contributed by atoms with Gasteiger partial charge in [0.2, 0.25) is 0 Å². The lowest BCUT2D eigenvalue weighted by Gasteiger charge is -1.80. The van der Waals surface area contributed by atoms with Crippen LogP contribution in [0.5, 0.6) is 0 Å². The molecule has 4 heteroatoms. The minimum atomic E-state index is 0.496. The molecule has 0 unspecified atom stereocenters. The lowest BCUT2D eigenvalue weighted by molar-refractivity contribution is 0.955. The first kappa shape index (κ1) is 5.49. The number of hydrogen-bond acceptors (Lipinski definition) is 2. The average Bonchev–Trinajstić information content (AvgIpc) is 2.42. The fourth-order valence-corrected chi connectivity index (χ4v) is 0.956. The van der Waals surface area contributed by atoms with Gasteiger partial charge in [0.05, 0.1) is 11.9 Å². The monoisotopic (exact) mass is 136 g/mol. The van der Waals surface area contributed by atoms with Gasteiger partial charge in [0, 0.05) is 18.8 Å². The van der Waals surface area contributed by atoms with Crippen LogP contribution < -0.4 is 5.73 Å². The second-order valence-electron chi connectivity index (χ2n) is 2.13. The van der Waals surface area contributed by atoms with E-state index in [1.807, 2.05) is 23.0 Å². The van der Waals surface area contributed by atoms with Crippen molar-refractivity contribution in [1.29, 1.82) is 0 Å². The standard InChI is InChI=1S/C6H8N4/c7-3-5-4-10-6(9-5)1-2-8-10/h1-2,4,8H,3,7H2. The van der Waals surface area contributed by atoms with Gasteiger partial charge in [0.1, 0.15) is 0 Å². The number of rotatable bonds is 1. The van der Waals surface area contributed by atoms with Crippen molar-refractivity contribution in [1.82, 2.24) is 14.6 Å². The number of fused-ring (bicyclic) bond motifs is 1. The van der Waals surface area contributed by atoms with Gasteiger partial charge < -0.3 is 10.8 Å². The molecule has 0 atom stereocenters. The van der Waals surface area contributed by atoms with Crippen LogP contribution in [0.25, 0.3) is 5.65 Å². The Bertz CT molecular complexity index is 303. The molecule has 0 aliphatic heterocycles. The highest BCUT2D eigenvalue weighted by Crippen LogP contribution is 2.01. The van der Waals surface area contributed by atoms with Crippen LogP contribution in [-0.2, 0) is 6.54 Å². The summed E-state index contributed by atoms with van der Waals surface area (Å²) >= 11 is 0. The summed E-state index contributed by atoms with van der Waals surface area (Å²) in [5.74, 6) is 0. The molecule has 4 nitrogen and oxygen atoms in total. The molecule has 0 radical (unpaired) electrons. The molecule has 0 saturated heterocycles. The maximum Gasteiger partial charge on any atom is 0.153 e. The Hall–Kier alpha value is -1.29. The number of H-pyrrole nitrogens is 1. The van der Waals surface area contributed by atoms with Gasteiger partial charge in [-0.2, -0.15) is 0 Å². The predicted octanol–water partition coefficient (Wildman–Crippen LogP) is 0.121. The Morgan fingerprint density at radius 3 is 3.30 bits per heavy atom. The molecule has 0 saturated carbocycles. The molecule has 0 spiro atoms. The van der Waals surface area contributed by atoms with Crippen LogP contribution >= 0.6 is 0 Å². The van der Waals surface area contributed by atoms with E-state index in [0.29, 0.717) is 6.54 Å². The molecule has 0 bridgehead atoms. The van der Waals surface area contributed by atoms with Crippen LogP contribution in [0.2, 0.25) is 0 Å². The summed E-state index contributed by atoms with van der Waals surface area (Å²) < 4.78 is 1.84. The van der Waals surface area contributed by atoms with Crippen molar-refractivity contribution in [3.05, 3.63) is 24.2 Å². The highest BCUT2D eigenvalue weighted by atomic mass is 15.2. The zero-order valence-corrected chi connectivity index (χ0v) is 5.41. The molecule has 0 fully saturated rings. The third-order valence-corrected chi connectivity index (χ3v) is 1.44. The average molecular weight is 136 g/mol. The third kappa shape index (κ3) is 0.625. The maximum atomic E-state index is 5.38. The van der Waals surface area contributed by atoms with E-state index in [-0.39, 0.29) is 0 Å². The van der Waals surface area contributed by atoms with Gasteiger partial charge in [0.25, 0.3) is 0 Å². The summed E-state index contributed by atoms with van der Waals surface area (Å²) in [5, 5.41) is 2.97. The number of aromatic nitrogens is 3. The molecular formula is C6H8N4. The Balaban J connectivity index is 2.67. The number of hydrogen-bond donors (Lipinski definition) is 2. The van der Waals surface area contributed by atoms with E-state index in [9.17, 15) is 0 Å². The lowest BCUT2D eigenvalue weighted by Crippen LogP contribution is -1.95. The van der Waals surface area contributed by atoms with E-state index in [1.54, 1.807) is 0 Å². The summed E-state index contributed by atoms with van der Waals surface area (Å²) in [7, 11) is 0. The lowest BCUT2D eigenvalue weighted by atomic mass is 10.5. The minimum absolute atomic E-state index is 0.496. The van der Waals surface area contributed by atoms with Crippen LogP contribution in [0, 0.1) is 0 Å². The topological polar surface area (TPSA) is 59.1 Å². The molecule has 2 aromatic rings. The second kappa shape index (κ2) is 1.85. The van der Waals surface area contributed by atoms with Gasteiger partial charge in [0.15, 0.2) is 5.65 Å². The van der Waals surface area contributed by atoms with E-state index in [0.717, 1.165) is 11.3 Å². The molecule has 2 aromatic heterocycles. The fourth-order valence-electron chi connectivity index (χ4n) is 0.956. The summed E-state index contributed by atoms with van der Waals surface area (Å²) in [6.45, 7) is 0.496. The Labute approximate surface area is 57.7 Å². The minimum Gasteiger partial charge on any atom is -0.325 e. The molecule has 2 heterocycles. The van der Waals surface area contributed by atoms with E-state index in [2.05, 4.69) is 10.1 Å². The van der Waals surface area contributed by atoms with Crippen molar-refractivity contribution >= 4 is 5.65 Å². The van der Waals surface area contributed by atoms with Gasteiger partial charge in [-0.25, -0.2) is 9.50 Å². The van der Waals surface area contributed by atoms with Gasteiger partial charge in [-0.3, -0.25) is 0 Å². The molecule has 0 amide bonds. The van der Waals surface area contributed by atoms with Crippen LogP contribution in [-0.4, -0.2) is 14.6 Å². The second-order valence-corrected chi connectivity index (χ2v) is 2.13. The number of nitrogens with one attached hydrogen (secondary N) is 1. The van der Waals surface area contributed by atoms with Crippen molar-refractivity contribution in [2.45, 2.75) is 6.54 Å². The largest absolute Gasteiger partial charge is 0.325 e. The highest BCUT2D eigenvalue weighted by molar-refractivity contribution is 5.37. The van der Waals surface area contributed by atoms with E-state index in [4.69, 9.17) is 5.73 Å². The molecular weight excluding hydrogens is 128 g/mol. The van der Waals surface area contributed by atoms with Crippen molar-refractivity contribution in [2.24, 2.45) is 5.73 Å². The molecule has 3 N–H and O–H groups in total. The number of nitrogens with zero attached hydrogens (tertiary/aromatic N) is 2. The summed E-state index contributed by atoms with van der Waals surface area (Å²) in [6, 6.07) is 1.90. The third-order valence-electron chi connectivity index (χ3n) is 1.44. The van der Waals surface area contributed by atoms with E-state index in [1.165, 1.54) is 0 Å². The number of aromatic amines is 1. The van der Waals surface area contributed by atoms with Gasteiger partial charge in [-0.05, 0) is 0 Å². The Morgan fingerprint density at radius 2 is 2.60 bits per heavy atom. The Kier molecular flexibility index (Phi) is 1.01. The molecule has 0 aliphatic carbocycles. The van der Waals surface area contributed by atoms with Crippen molar-refractivity contribution < 1.29 is 0 Å². The number of imidazole rings is 1. The van der Waals surface area contributed by atoms with Crippen LogP contribution in [0.15, 0.2) is 18.5 Å². The first-order valence-electron chi connectivity index (χ1n) is 3.11. The first-order chi connectivity index (χ1) is 4.90. The summed E-state index contributed by atoms with van der Waals surface area (Å²) in [6.07, 6.45) is 3.72.